The molecular weight excluding hydrogens is 289 g/mol. The highest BCUT2D eigenvalue weighted by molar-refractivity contribution is 7.99. The van der Waals surface area contributed by atoms with Gasteiger partial charge in [0.05, 0.1) is 5.02 Å². The molecule has 18 heavy (non-hydrogen) atoms. The van der Waals surface area contributed by atoms with Gasteiger partial charge in [-0.25, -0.2) is 9.97 Å². The number of aromatic nitrogens is 2. The lowest BCUT2D eigenvalue weighted by atomic mass is 10.4. The van der Waals surface area contributed by atoms with Gasteiger partial charge in [-0.1, -0.05) is 35.0 Å². The number of benzene rings is 1. The molecule has 1 heterocycles. The van der Waals surface area contributed by atoms with Crippen LogP contribution in [0.3, 0.4) is 0 Å². The fourth-order valence-electron chi connectivity index (χ4n) is 1.31. The first-order valence-corrected chi connectivity index (χ1v) is 6.96. The lowest BCUT2D eigenvalue weighted by Gasteiger charge is -2.06. The van der Waals surface area contributed by atoms with Crippen LogP contribution in [0.25, 0.3) is 0 Å². The molecule has 0 saturated carbocycles. The van der Waals surface area contributed by atoms with Crippen molar-refractivity contribution in [1.82, 2.24) is 9.97 Å². The number of hydrogen-bond donors (Lipinski definition) is 1. The quantitative estimate of drug-likeness (QED) is 0.851. The van der Waals surface area contributed by atoms with Gasteiger partial charge in [-0.3, -0.25) is 0 Å². The molecule has 3 nitrogen and oxygen atoms in total. The van der Waals surface area contributed by atoms with Crippen molar-refractivity contribution in [1.29, 1.82) is 0 Å². The molecule has 2 rings (SSSR count). The molecule has 1 aromatic carbocycles. The first-order chi connectivity index (χ1) is 8.69. The van der Waals surface area contributed by atoms with E-state index in [0.29, 0.717) is 16.0 Å². The Hall–Kier alpha value is -0.970. The lowest BCUT2D eigenvalue weighted by molar-refractivity contribution is 1.01. The van der Waals surface area contributed by atoms with Gasteiger partial charge in [0.25, 0.3) is 0 Å². The summed E-state index contributed by atoms with van der Waals surface area (Å²) in [6.07, 6.45) is 1.71. The van der Waals surface area contributed by atoms with Gasteiger partial charge in [0, 0.05) is 22.7 Å². The molecular formula is C12H11Cl2N3S. The second kappa shape index (κ2) is 6.27. The molecule has 0 aliphatic rings. The number of rotatable bonds is 4. The van der Waals surface area contributed by atoms with Crippen LogP contribution in [0.1, 0.15) is 6.92 Å². The van der Waals surface area contributed by atoms with E-state index in [0.717, 1.165) is 16.5 Å². The molecule has 0 aliphatic carbocycles. The molecule has 0 unspecified atom stereocenters. The summed E-state index contributed by atoms with van der Waals surface area (Å²) in [5.41, 5.74) is 0. The van der Waals surface area contributed by atoms with Crippen LogP contribution >= 0.6 is 35.0 Å². The molecule has 0 bridgehead atoms. The summed E-state index contributed by atoms with van der Waals surface area (Å²) in [7, 11) is 0. The van der Waals surface area contributed by atoms with E-state index in [-0.39, 0.29) is 0 Å². The van der Waals surface area contributed by atoms with E-state index in [1.54, 1.807) is 18.3 Å². The molecule has 1 N–H and O–H groups in total. The summed E-state index contributed by atoms with van der Waals surface area (Å²) in [5, 5.41) is 5.20. The van der Waals surface area contributed by atoms with Gasteiger partial charge in [-0.15, -0.1) is 0 Å². The largest absolute Gasteiger partial charge is 0.354 e. The Balaban J connectivity index is 2.22. The maximum atomic E-state index is 6.11. The molecule has 94 valence electrons. The molecule has 0 aliphatic heterocycles. The molecule has 0 atom stereocenters. The minimum Gasteiger partial charge on any atom is -0.354 e. The predicted octanol–water partition coefficient (Wildman–Crippen LogP) is 4.37. The molecule has 1 aromatic heterocycles. The highest BCUT2D eigenvalue weighted by atomic mass is 35.5. The first kappa shape index (κ1) is 13.5. The summed E-state index contributed by atoms with van der Waals surface area (Å²) < 4.78 is 0. The highest BCUT2D eigenvalue weighted by Crippen LogP contribution is 2.34. The van der Waals surface area contributed by atoms with Crippen molar-refractivity contribution in [3.63, 3.8) is 0 Å². The van der Waals surface area contributed by atoms with Crippen LogP contribution in [-0.2, 0) is 0 Å². The monoisotopic (exact) mass is 299 g/mol. The summed E-state index contributed by atoms with van der Waals surface area (Å²) >= 11 is 13.5. The zero-order valence-electron chi connectivity index (χ0n) is 9.65. The number of nitrogens with one attached hydrogen (secondary N) is 1. The molecule has 0 fully saturated rings. The van der Waals surface area contributed by atoms with Crippen LogP contribution in [0.5, 0.6) is 0 Å². The van der Waals surface area contributed by atoms with Crippen molar-refractivity contribution in [3.05, 3.63) is 40.5 Å². The Labute approximate surface area is 120 Å². The standard InChI is InChI=1S/C12H11Cl2N3S/c1-2-15-12-16-6-5-11(17-12)18-10-7-8(13)3-4-9(10)14/h3-7H,2H2,1H3,(H,15,16,17). The minimum absolute atomic E-state index is 0.612. The topological polar surface area (TPSA) is 37.8 Å². The number of halogens is 2. The molecule has 0 radical (unpaired) electrons. The number of hydrogen-bond acceptors (Lipinski definition) is 4. The van der Waals surface area contributed by atoms with Gasteiger partial charge >= 0.3 is 0 Å². The molecule has 0 spiro atoms. The molecule has 0 saturated heterocycles. The number of anilines is 1. The van der Waals surface area contributed by atoms with Crippen molar-refractivity contribution in [2.45, 2.75) is 16.8 Å². The Bertz CT molecular complexity index is 549. The smallest absolute Gasteiger partial charge is 0.223 e. The van der Waals surface area contributed by atoms with E-state index >= 15 is 0 Å². The van der Waals surface area contributed by atoms with Crippen LogP contribution < -0.4 is 5.32 Å². The van der Waals surface area contributed by atoms with Crippen molar-refractivity contribution in [3.8, 4) is 0 Å². The minimum atomic E-state index is 0.612. The Kier molecular flexibility index (Phi) is 4.69. The second-order valence-electron chi connectivity index (χ2n) is 3.43. The van der Waals surface area contributed by atoms with Crippen LogP contribution in [0, 0.1) is 0 Å². The van der Waals surface area contributed by atoms with E-state index in [2.05, 4.69) is 15.3 Å². The summed E-state index contributed by atoms with van der Waals surface area (Å²) in [6, 6.07) is 7.20. The van der Waals surface area contributed by atoms with Gasteiger partial charge in [-0.05, 0) is 31.2 Å². The van der Waals surface area contributed by atoms with Gasteiger partial charge in [0.15, 0.2) is 0 Å². The van der Waals surface area contributed by atoms with Crippen molar-refractivity contribution < 1.29 is 0 Å². The fraction of sp³-hybridized carbons (Fsp3) is 0.167. The van der Waals surface area contributed by atoms with Gasteiger partial charge < -0.3 is 5.32 Å². The molecule has 6 heteroatoms. The predicted molar refractivity (Wildman–Crippen MR) is 76.8 cm³/mol. The molecule has 0 amide bonds. The maximum Gasteiger partial charge on any atom is 0.223 e. The third kappa shape index (κ3) is 3.51. The Morgan fingerprint density at radius 2 is 2.11 bits per heavy atom. The van der Waals surface area contributed by atoms with Crippen molar-refractivity contribution in [2.75, 3.05) is 11.9 Å². The van der Waals surface area contributed by atoms with Crippen molar-refractivity contribution >= 4 is 40.9 Å². The first-order valence-electron chi connectivity index (χ1n) is 5.39. The third-order valence-corrected chi connectivity index (χ3v) is 3.74. The lowest BCUT2D eigenvalue weighted by Crippen LogP contribution is -2.01. The number of nitrogens with zero attached hydrogens (tertiary/aromatic N) is 2. The van der Waals surface area contributed by atoms with Crippen molar-refractivity contribution in [2.24, 2.45) is 0 Å². The summed E-state index contributed by atoms with van der Waals surface area (Å²) in [4.78, 5) is 9.36. The van der Waals surface area contributed by atoms with Crippen LogP contribution in [0.2, 0.25) is 10.0 Å². The van der Waals surface area contributed by atoms with Crippen LogP contribution in [0.4, 0.5) is 5.95 Å². The zero-order chi connectivity index (χ0) is 13.0. The molecule has 2 aromatic rings. The summed E-state index contributed by atoms with van der Waals surface area (Å²) in [5.74, 6) is 0.612. The summed E-state index contributed by atoms with van der Waals surface area (Å²) in [6.45, 7) is 2.78. The fourth-order valence-corrected chi connectivity index (χ4v) is 2.62. The van der Waals surface area contributed by atoms with E-state index in [4.69, 9.17) is 23.2 Å². The Morgan fingerprint density at radius 3 is 2.89 bits per heavy atom. The average Bonchev–Trinajstić information content (AvgIpc) is 2.35. The van der Waals surface area contributed by atoms with E-state index in [9.17, 15) is 0 Å². The Morgan fingerprint density at radius 1 is 1.28 bits per heavy atom. The average molecular weight is 300 g/mol. The van der Waals surface area contributed by atoms with Gasteiger partial charge in [-0.2, -0.15) is 0 Å². The van der Waals surface area contributed by atoms with Gasteiger partial charge in [0.1, 0.15) is 5.03 Å². The third-order valence-electron chi connectivity index (χ3n) is 2.07. The van der Waals surface area contributed by atoms with Crippen LogP contribution in [0.15, 0.2) is 40.4 Å². The van der Waals surface area contributed by atoms with Crippen LogP contribution in [-0.4, -0.2) is 16.5 Å². The second-order valence-corrected chi connectivity index (χ2v) is 5.33. The van der Waals surface area contributed by atoms with E-state index in [1.165, 1.54) is 11.8 Å². The SMILES string of the molecule is CCNc1nccc(Sc2cc(Cl)ccc2Cl)n1. The normalized spacial score (nSPS) is 10.4. The zero-order valence-corrected chi connectivity index (χ0v) is 12.0. The highest BCUT2D eigenvalue weighted by Gasteiger charge is 2.06. The van der Waals surface area contributed by atoms with E-state index in [1.807, 2.05) is 19.1 Å². The van der Waals surface area contributed by atoms with Gasteiger partial charge in [0.2, 0.25) is 5.95 Å². The maximum absolute atomic E-state index is 6.11. The van der Waals surface area contributed by atoms with E-state index < -0.39 is 0 Å².